The molecule has 1 saturated heterocycles. The maximum Gasteiger partial charge on any atom is 0.417 e. The van der Waals surface area contributed by atoms with E-state index in [1.165, 1.54) is 0 Å². The van der Waals surface area contributed by atoms with Crippen LogP contribution in [0.1, 0.15) is 27.7 Å². The van der Waals surface area contributed by atoms with Crippen molar-refractivity contribution in [2.24, 2.45) is 0 Å². The Hall–Kier alpha value is -1.63. The monoisotopic (exact) mass is 272 g/mol. The van der Waals surface area contributed by atoms with Crippen molar-refractivity contribution in [2.75, 3.05) is 19.7 Å². The van der Waals surface area contributed by atoms with Crippen LogP contribution in [0.5, 0.6) is 0 Å². The standard InChI is InChI=1S/C12H20N2O5/c1-5-18-10(16)8-9(15)14(7-6-13-8)11(17)19-12(2,3)4/h8,13H,5-7H2,1-4H3. The third kappa shape index (κ3) is 4.20. The first-order valence-electron chi connectivity index (χ1n) is 6.20. The van der Waals surface area contributed by atoms with Crippen molar-refractivity contribution in [1.82, 2.24) is 10.2 Å². The number of rotatable bonds is 2. The Morgan fingerprint density at radius 2 is 2.05 bits per heavy atom. The Morgan fingerprint density at radius 3 is 2.58 bits per heavy atom. The summed E-state index contributed by atoms with van der Waals surface area (Å²) in [6.07, 6.45) is -0.742. The van der Waals surface area contributed by atoms with Gasteiger partial charge in [-0.1, -0.05) is 0 Å². The van der Waals surface area contributed by atoms with E-state index in [0.29, 0.717) is 6.54 Å². The predicted molar refractivity (Wildman–Crippen MR) is 66.4 cm³/mol. The van der Waals surface area contributed by atoms with Crippen LogP contribution < -0.4 is 5.32 Å². The minimum atomic E-state index is -1.14. The van der Waals surface area contributed by atoms with Crippen molar-refractivity contribution in [1.29, 1.82) is 0 Å². The molecule has 0 bridgehead atoms. The summed E-state index contributed by atoms with van der Waals surface area (Å²) in [6, 6.07) is -1.14. The van der Waals surface area contributed by atoms with Crippen LogP contribution in [0.15, 0.2) is 0 Å². The Kier molecular flexibility index (Phi) is 4.88. The van der Waals surface area contributed by atoms with Crippen LogP contribution in [0, 0.1) is 0 Å². The first-order valence-corrected chi connectivity index (χ1v) is 6.20. The molecule has 1 rings (SSSR count). The van der Waals surface area contributed by atoms with Gasteiger partial charge in [0.2, 0.25) is 0 Å². The van der Waals surface area contributed by atoms with Crippen LogP contribution in [0.2, 0.25) is 0 Å². The number of hydrogen-bond donors (Lipinski definition) is 1. The van der Waals surface area contributed by atoms with Crippen LogP contribution >= 0.6 is 0 Å². The van der Waals surface area contributed by atoms with Crippen LogP contribution in [-0.4, -0.2) is 54.2 Å². The van der Waals surface area contributed by atoms with Crippen molar-refractivity contribution < 1.29 is 23.9 Å². The van der Waals surface area contributed by atoms with Gasteiger partial charge in [0.1, 0.15) is 5.60 Å². The van der Waals surface area contributed by atoms with Crippen molar-refractivity contribution in [3.05, 3.63) is 0 Å². The van der Waals surface area contributed by atoms with Gasteiger partial charge in [0.25, 0.3) is 5.91 Å². The Balaban J connectivity index is 2.73. The second-order valence-electron chi connectivity index (χ2n) is 5.11. The summed E-state index contributed by atoms with van der Waals surface area (Å²) < 4.78 is 9.90. The summed E-state index contributed by atoms with van der Waals surface area (Å²) >= 11 is 0. The van der Waals surface area contributed by atoms with Gasteiger partial charge in [-0.3, -0.25) is 10.1 Å². The maximum atomic E-state index is 12.0. The summed E-state index contributed by atoms with van der Waals surface area (Å²) in [6.45, 7) is 7.45. The highest BCUT2D eigenvalue weighted by molar-refractivity contribution is 6.07. The molecule has 0 aliphatic carbocycles. The van der Waals surface area contributed by atoms with Gasteiger partial charge in [0.15, 0.2) is 6.04 Å². The summed E-state index contributed by atoms with van der Waals surface area (Å²) in [5.74, 6) is -1.32. The van der Waals surface area contributed by atoms with Gasteiger partial charge in [-0.05, 0) is 27.7 Å². The molecule has 1 aliphatic heterocycles. The van der Waals surface area contributed by atoms with E-state index in [1.54, 1.807) is 27.7 Å². The fraction of sp³-hybridized carbons (Fsp3) is 0.750. The van der Waals surface area contributed by atoms with E-state index in [9.17, 15) is 14.4 Å². The SMILES string of the molecule is CCOC(=O)C1NCCN(C(=O)OC(C)(C)C)C1=O. The van der Waals surface area contributed by atoms with Crippen molar-refractivity contribution in [3.8, 4) is 0 Å². The minimum absolute atomic E-state index is 0.170. The lowest BCUT2D eigenvalue weighted by Gasteiger charge is -2.32. The maximum absolute atomic E-state index is 12.0. The molecule has 108 valence electrons. The van der Waals surface area contributed by atoms with Gasteiger partial charge in [0.05, 0.1) is 6.61 Å². The van der Waals surface area contributed by atoms with Crippen molar-refractivity contribution in [3.63, 3.8) is 0 Å². The zero-order chi connectivity index (χ0) is 14.6. The number of nitrogens with zero attached hydrogens (tertiary/aromatic N) is 1. The molecule has 1 heterocycles. The number of piperazine rings is 1. The Morgan fingerprint density at radius 1 is 1.42 bits per heavy atom. The van der Waals surface area contributed by atoms with E-state index in [1.807, 2.05) is 0 Å². The lowest BCUT2D eigenvalue weighted by atomic mass is 10.2. The molecule has 0 aromatic heterocycles. The largest absolute Gasteiger partial charge is 0.464 e. The van der Waals surface area contributed by atoms with E-state index < -0.39 is 29.6 Å². The third-order valence-electron chi connectivity index (χ3n) is 2.33. The van der Waals surface area contributed by atoms with Crippen molar-refractivity contribution >= 4 is 18.0 Å². The molecule has 0 aromatic carbocycles. The Bertz CT molecular complexity index is 375. The summed E-state index contributed by atoms with van der Waals surface area (Å²) in [5, 5.41) is 2.73. The number of esters is 1. The zero-order valence-electron chi connectivity index (χ0n) is 11.7. The highest BCUT2D eigenvalue weighted by atomic mass is 16.6. The molecule has 1 N–H and O–H groups in total. The summed E-state index contributed by atoms with van der Waals surface area (Å²) in [4.78, 5) is 36.4. The molecule has 7 nitrogen and oxygen atoms in total. The van der Waals surface area contributed by atoms with Gasteiger partial charge in [-0.25, -0.2) is 14.5 Å². The molecular formula is C12H20N2O5. The molecule has 0 radical (unpaired) electrons. The third-order valence-corrected chi connectivity index (χ3v) is 2.33. The lowest BCUT2D eigenvalue weighted by Crippen LogP contribution is -2.60. The van der Waals surface area contributed by atoms with E-state index in [4.69, 9.17) is 9.47 Å². The molecule has 19 heavy (non-hydrogen) atoms. The highest BCUT2D eigenvalue weighted by Gasteiger charge is 2.39. The number of ether oxygens (including phenoxy) is 2. The minimum Gasteiger partial charge on any atom is -0.464 e. The molecule has 1 unspecified atom stereocenters. The average Bonchev–Trinajstić information content (AvgIpc) is 2.27. The van der Waals surface area contributed by atoms with Crippen LogP contribution in [0.4, 0.5) is 4.79 Å². The molecule has 1 aliphatic rings. The van der Waals surface area contributed by atoms with Gasteiger partial charge >= 0.3 is 12.1 Å². The quantitative estimate of drug-likeness (QED) is 0.574. The number of amides is 2. The molecule has 0 saturated carbocycles. The molecule has 7 heteroatoms. The number of hydrogen-bond acceptors (Lipinski definition) is 6. The first-order chi connectivity index (χ1) is 8.76. The normalized spacial score (nSPS) is 20.1. The lowest BCUT2D eigenvalue weighted by molar-refractivity contribution is -0.153. The van der Waals surface area contributed by atoms with Crippen molar-refractivity contribution in [2.45, 2.75) is 39.3 Å². The van der Waals surface area contributed by atoms with E-state index in [-0.39, 0.29) is 13.2 Å². The number of carbonyl (C=O) groups is 3. The second kappa shape index (κ2) is 6.01. The summed E-state index contributed by atoms with van der Waals surface area (Å²) in [7, 11) is 0. The van der Waals surface area contributed by atoms with Gasteiger partial charge < -0.3 is 9.47 Å². The van der Waals surface area contributed by atoms with Gasteiger partial charge in [0, 0.05) is 13.1 Å². The average molecular weight is 272 g/mol. The van der Waals surface area contributed by atoms with E-state index in [0.717, 1.165) is 4.90 Å². The van der Waals surface area contributed by atoms with Crippen LogP contribution in [-0.2, 0) is 19.1 Å². The molecule has 1 atom stereocenters. The van der Waals surface area contributed by atoms with E-state index >= 15 is 0 Å². The van der Waals surface area contributed by atoms with Crippen LogP contribution in [0.3, 0.4) is 0 Å². The number of nitrogens with one attached hydrogen (secondary N) is 1. The Labute approximate surface area is 112 Å². The number of carbonyl (C=O) groups excluding carboxylic acids is 3. The second-order valence-corrected chi connectivity index (χ2v) is 5.11. The molecule has 0 aromatic rings. The molecule has 1 fully saturated rings. The fourth-order valence-electron chi connectivity index (χ4n) is 1.58. The van der Waals surface area contributed by atoms with E-state index in [2.05, 4.69) is 5.32 Å². The first kappa shape index (κ1) is 15.4. The van der Waals surface area contributed by atoms with Gasteiger partial charge in [-0.2, -0.15) is 0 Å². The molecule has 0 spiro atoms. The van der Waals surface area contributed by atoms with Gasteiger partial charge in [-0.15, -0.1) is 0 Å². The number of imide groups is 1. The molecular weight excluding hydrogens is 252 g/mol. The smallest absolute Gasteiger partial charge is 0.417 e. The zero-order valence-corrected chi connectivity index (χ0v) is 11.7. The summed E-state index contributed by atoms with van der Waals surface area (Å²) in [5.41, 5.74) is -0.693. The van der Waals surface area contributed by atoms with Crippen LogP contribution in [0.25, 0.3) is 0 Å². The predicted octanol–water partition coefficient (Wildman–Crippen LogP) is 0.285. The molecule has 2 amide bonds. The highest BCUT2D eigenvalue weighted by Crippen LogP contribution is 2.12. The fourth-order valence-corrected chi connectivity index (χ4v) is 1.58. The topological polar surface area (TPSA) is 84.9 Å².